The number of aliphatic hydroxyl groups is 2. The second kappa shape index (κ2) is 13.4. The average molecular weight is 479 g/mol. The van der Waals surface area contributed by atoms with E-state index in [1.807, 2.05) is 30.3 Å². The fraction of sp³-hybridized carbons (Fsp3) is 0.786. The van der Waals surface area contributed by atoms with Crippen LogP contribution in [0.4, 0.5) is 0 Å². The molecule has 0 bridgehead atoms. The van der Waals surface area contributed by atoms with Crippen molar-refractivity contribution in [1.29, 1.82) is 0 Å². The van der Waals surface area contributed by atoms with Crippen LogP contribution in [0.5, 0.6) is 0 Å². The summed E-state index contributed by atoms with van der Waals surface area (Å²) in [6, 6.07) is 10.1. The molecule has 4 nitrogen and oxygen atoms in total. The summed E-state index contributed by atoms with van der Waals surface area (Å²) in [5.74, 6) is -0.0347. The van der Waals surface area contributed by atoms with Gasteiger partial charge < -0.3 is 19.4 Å². The van der Waals surface area contributed by atoms with Gasteiger partial charge in [0, 0.05) is 5.92 Å². The van der Waals surface area contributed by atoms with Crippen LogP contribution in [0.15, 0.2) is 30.3 Å². The summed E-state index contributed by atoms with van der Waals surface area (Å²) in [6.07, 6.45) is 3.60. The van der Waals surface area contributed by atoms with Gasteiger partial charge in [-0.2, -0.15) is 0 Å². The average Bonchev–Trinajstić information content (AvgIpc) is 3.24. The number of hydrogen-bond donors (Lipinski definition) is 2. The maximum Gasteiger partial charge on any atom is 0.200 e. The Morgan fingerprint density at radius 1 is 0.939 bits per heavy atom. The molecule has 1 fully saturated rings. The van der Waals surface area contributed by atoms with Gasteiger partial charge in [0.25, 0.3) is 0 Å². The standard InChI is InChI=1S/C28H50O4Si/c1-8-9-17-26(31-19-23-14-11-10-12-15-23)28(30)27(29)24-16-13-18-25(24)32-33(20(2)3,21(4)5)22(6)7/h10-12,14-15,20-22,24-30H,8-9,13,16-19H2,1-7H3/t24-,25-,26-,27+,28+/m0/s1. The van der Waals surface area contributed by atoms with Crippen molar-refractivity contribution in [3.8, 4) is 0 Å². The molecule has 5 atom stereocenters. The van der Waals surface area contributed by atoms with Crippen molar-refractivity contribution in [2.24, 2.45) is 5.92 Å². The van der Waals surface area contributed by atoms with E-state index in [-0.39, 0.29) is 18.1 Å². The summed E-state index contributed by atoms with van der Waals surface area (Å²) in [5.41, 5.74) is 2.61. The van der Waals surface area contributed by atoms with E-state index in [0.29, 0.717) is 23.2 Å². The van der Waals surface area contributed by atoms with Crippen molar-refractivity contribution in [1.82, 2.24) is 0 Å². The van der Waals surface area contributed by atoms with Gasteiger partial charge in [0.1, 0.15) is 6.10 Å². The third-order valence-electron chi connectivity index (χ3n) is 7.88. The fourth-order valence-electron chi connectivity index (χ4n) is 6.17. The topological polar surface area (TPSA) is 58.9 Å². The van der Waals surface area contributed by atoms with E-state index < -0.39 is 20.5 Å². The third kappa shape index (κ3) is 7.14. The Labute approximate surface area is 204 Å². The minimum atomic E-state index is -2.05. The molecule has 190 valence electrons. The van der Waals surface area contributed by atoms with Gasteiger partial charge in [-0.1, -0.05) is 98.1 Å². The number of hydrogen-bond acceptors (Lipinski definition) is 4. The summed E-state index contributed by atoms with van der Waals surface area (Å²) in [4.78, 5) is 0. The Morgan fingerprint density at radius 2 is 1.55 bits per heavy atom. The Hall–Kier alpha value is -0.723. The van der Waals surface area contributed by atoms with E-state index in [9.17, 15) is 10.2 Å². The van der Waals surface area contributed by atoms with Gasteiger partial charge >= 0.3 is 0 Å². The van der Waals surface area contributed by atoms with Crippen molar-refractivity contribution in [3.63, 3.8) is 0 Å². The molecule has 1 aliphatic carbocycles. The van der Waals surface area contributed by atoms with Crippen molar-refractivity contribution in [2.75, 3.05) is 0 Å². The van der Waals surface area contributed by atoms with Crippen LogP contribution in [-0.4, -0.2) is 42.9 Å². The van der Waals surface area contributed by atoms with Crippen molar-refractivity contribution >= 4 is 8.32 Å². The molecule has 0 unspecified atom stereocenters. The molecule has 1 saturated carbocycles. The molecule has 1 aliphatic rings. The van der Waals surface area contributed by atoms with E-state index in [4.69, 9.17) is 9.16 Å². The van der Waals surface area contributed by atoms with Gasteiger partial charge in [0.05, 0.1) is 24.9 Å². The van der Waals surface area contributed by atoms with Crippen LogP contribution >= 0.6 is 0 Å². The quantitative estimate of drug-likeness (QED) is 0.287. The molecule has 0 aromatic heterocycles. The molecular formula is C28H50O4Si. The zero-order chi connectivity index (χ0) is 24.6. The Kier molecular flexibility index (Phi) is 11.6. The Morgan fingerprint density at radius 3 is 2.09 bits per heavy atom. The van der Waals surface area contributed by atoms with E-state index in [0.717, 1.165) is 44.1 Å². The maximum absolute atomic E-state index is 11.4. The molecule has 1 aromatic carbocycles. The van der Waals surface area contributed by atoms with Crippen LogP contribution in [0.1, 0.15) is 92.6 Å². The highest BCUT2D eigenvalue weighted by molar-refractivity contribution is 6.77. The monoisotopic (exact) mass is 478 g/mol. The van der Waals surface area contributed by atoms with Crippen LogP contribution in [0.25, 0.3) is 0 Å². The Bertz CT molecular complexity index is 641. The predicted molar refractivity (Wildman–Crippen MR) is 140 cm³/mol. The lowest BCUT2D eigenvalue weighted by atomic mass is 9.90. The summed E-state index contributed by atoms with van der Waals surface area (Å²) in [6.45, 7) is 16.4. The van der Waals surface area contributed by atoms with Gasteiger partial charge in [0.2, 0.25) is 8.32 Å². The molecule has 0 spiro atoms. The van der Waals surface area contributed by atoms with E-state index in [1.54, 1.807) is 0 Å². The van der Waals surface area contributed by atoms with Crippen molar-refractivity contribution < 1.29 is 19.4 Å². The smallest absolute Gasteiger partial charge is 0.200 e. The number of rotatable bonds is 14. The van der Waals surface area contributed by atoms with Gasteiger partial charge in [-0.3, -0.25) is 0 Å². The van der Waals surface area contributed by atoms with E-state index >= 15 is 0 Å². The molecule has 33 heavy (non-hydrogen) atoms. The molecule has 0 saturated heterocycles. The maximum atomic E-state index is 11.4. The molecule has 0 radical (unpaired) electrons. The zero-order valence-corrected chi connectivity index (χ0v) is 23.2. The first-order valence-corrected chi connectivity index (χ1v) is 15.5. The highest BCUT2D eigenvalue weighted by Crippen LogP contribution is 2.46. The first kappa shape index (κ1) is 28.5. The first-order valence-electron chi connectivity index (χ1n) is 13.3. The predicted octanol–water partition coefficient (Wildman–Crippen LogP) is 6.84. The van der Waals surface area contributed by atoms with Gasteiger partial charge in [-0.05, 0) is 41.4 Å². The van der Waals surface area contributed by atoms with Crippen molar-refractivity contribution in [3.05, 3.63) is 35.9 Å². The highest BCUT2D eigenvalue weighted by Gasteiger charge is 2.50. The molecule has 0 heterocycles. The van der Waals surface area contributed by atoms with Crippen LogP contribution in [0.3, 0.4) is 0 Å². The van der Waals surface area contributed by atoms with Gasteiger partial charge in [-0.25, -0.2) is 0 Å². The molecule has 2 N–H and O–H groups in total. The summed E-state index contributed by atoms with van der Waals surface area (Å²) in [5, 5.41) is 22.6. The lowest BCUT2D eigenvalue weighted by molar-refractivity contribution is -0.122. The summed E-state index contributed by atoms with van der Waals surface area (Å²) >= 11 is 0. The van der Waals surface area contributed by atoms with Gasteiger partial charge in [0.15, 0.2) is 0 Å². The summed E-state index contributed by atoms with van der Waals surface area (Å²) < 4.78 is 13.3. The summed E-state index contributed by atoms with van der Waals surface area (Å²) in [7, 11) is -2.05. The Balaban J connectivity index is 2.14. The highest BCUT2D eigenvalue weighted by atomic mass is 28.4. The second-order valence-corrected chi connectivity index (χ2v) is 16.4. The molecule has 5 heteroatoms. The minimum absolute atomic E-state index is 0.0227. The van der Waals surface area contributed by atoms with Crippen LogP contribution in [0, 0.1) is 5.92 Å². The number of aliphatic hydroxyl groups excluding tert-OH is 2. The first-order chi connectivity index (χ1) is 15.6. The zero-order valence-electron chi connectivity index (χ0n) is 22.2. The van der Waals surface area contributed by atoms with E-state index in [1.165, 1.54) is 0 Å². The number of benzene rings is 1. The van der Waals surface area contributed by atoms with Crippen LogP contribution in [-0.2, 0) is 15.8 Å². The van der Waals surface area contributed by atoms with Crippen molar-refractivity contribution in [2.45, 2.75) is 135 Å². The largest absolute Gasteiger partial charge is 0.413 e. The molecular weight excluding hydrogens is 428 g/mol. The third-order valence-corrected chi connectivity index (χ3v) is 14.0. The molecule has 0 amide bonds. The molecule has 1 aromatic rings. The molecule has 2 rings (SSSR count). The lowest BCUT2D eigenvalue weighted by Crippen LogP contribution is -2.53. The SMILES string of the molecule is CCCC[C@H](OCc1ccccc1)[C@@H](O)[C@H](O)[C@H]1CCC[C@@H]1O[Si](C(C)C)(C(C)C)C(C)C. The lowest BCUT2D eigenvalue weighted by Gasteiger charge is -2.46. The molecule has 0 aliphatic heterocycles. The fourth-order valence-corrected chi connectivity index (χ4v) is 11.8. The van der Waals surface area contributed by atoms with Crippen LogP contribution in [0.2, 0.25) is 16.6 Å². The number of ether oxygens (including phenoxy) is 1. The normalized spacial score (nSPS) is 22.3. The van der Waals surface area contributed by atoms with Gasteiger partial charge in [-0.15, -0.1) is 0 Å². The van der Waals surface area contributed by atoms with E-state index in [2.05, 4.69) is 48.5 Å². The van der Waals surface area contributed by atoms with Crippen LogP contribution < -0.4 is 0 Å². The number of unbranched alkanes of at least 4 members (excludes halogenated alkanes) is 1. The minimum Gasteiger partial charge on any atom is -0.413 e. The second-order valence-electron chi connectivity index (χ2n) is 11.0.